The molecule has 0 unspecified atom stereocenters. The first kappa shape index (κ1) is 15.3. The molecule has 3 nitrogen and oxygen atoms in total. The first-order valence-electron chi connectivity index (χ1n) is 7.03. The summed E-state index contributed by atoms with van der Waals surface area (Å²) in [5, 5.41) is 3.10. The van der Waals surface area contributed by atoms with Gasteiger partial charge in [0, 0.05) is 23.6 Å². The van der Waals surface area contributed by atoms with Crippen LogP contribution in [0, 0.1) is 5.82 Å². The number of carbonyl (C=O) groups excluding carboxylic acids is 1. The molecule has 1 saturated carbocycles. The Bertz CT molecular complexity index is 444. The topological polar surface area (TPSA) is 55.1 Å². The van der Waals surface area contributed by atoms with E-state index in [2.05, 4.69) is 5.32 Å². The smallest absolute Gasteiger partial charge is 0.221 e. The van der Waals surface area contributed by atoms with Crippen LogP contribution in [0.25, 0.3) is 0 Å². The molecule has 1 aromatic carbocycles. The summed E-state index contributed by atoms with van der Waals surface area (Å²) in [6, 6.07) is 6.33. The standard InChI is InChI=1S/C15H21FN2OS/c16-12-3-5-13(6-4-12)20-10-7-14(19)18-15(11-17)8-1-2-9-15/h3-6H,1-2,7-11,17H2,(H,18,19). The van der Waals surface area contributed by atoms with Gasteiger partial charge in [-0.05, 0) is 37.1 Å². The average Bonchev–Trinajstić information content (AvgIpc) is 2.90. The van der Waals surface area contributed by atoms with Gasteiger partial charge < -0.3 is 11.1 Å². The largest absolute Gasteiger partial charge is 0.349 e. The van der Waals surface area contributed by atoms with Crippen molar-refractivity contribution in [3.05, 3.63) is 30.1 Å². The molecule has 20 heavy (non-hydrogen) atoms. The summed E-state index contributed by atoms with van der Waals surface area (Å²) in [4.78, 5) is 12.9. The minimum atomic E-state index is -0.238. The van der Waals surface area contributed by atoms with E-state index < -0.39 is 0 Å². The molecule has 1 aliphatic rings. The summed E-state index contributed by atoms with van der Waals surface area (Å²) in [7, 11) is 0. The third-order valence-corrected chi connectivity index (χ3v) is 4.78. The average molecular weight is 296 g/mol. The number of hydrogen-bond donors (Lipinski definition) is 2. The molecule has 110 valence electrons. The van der Waals surface area contributed by atoms with Gasteiger partial charge in [-0.15, -0.1) is 11.8 Å². The van der Waals surface area contributed by atoms with Crippen LogP contribution in [-0.2, 0) is 4.79 Å². The predicted octanol–water partition coefficient (Wildman–Crippen LogP) is 2.70. The van der Waals surface area contributed by atoms with E-state index in [1.807, 2.05) is 0 Å². The molecule has 1 aliphatic carbocycles. The number of nitrogens with one attached hydrogen (secondary N) is 1. The first-order chi connectivity index (χ1) is 9.63. The number of benzene rings is 1. The fourth-order valence-corrected chi connectivity index (χ4v) is 3.43. The molecule has 1 aromatic rings. The molecule has 1 amide bonds. The Kier molecular flexibility index (Phi) is 5.43. The van der Waals surface area contributed by atoms with Gasteiger partial charge >= 0.3 is 0 Å². The van der Waals surface area contributed by atoms with Crippen molar-refractivity contribution in [1.29, 1.82) is 0 Å². The van der Waals surface area contributed by atoms with Gasteiger partial charge in [-0.3, -0.25) is 4.79 Å². The Hall–Kier alpha value is -1.07. The van der Waals surface area contributed by atoms with E-state index in [-0.39, 0.29) is 17.3 Å². The monoisotopic (exact) mass is 296 g/mol. The summed E-state index contributed by atoms with van der Waals surface area (Å²) in [6.45, 7) is 0.518. The molecule has 2 rings (SSSR count). The lowest BCUT2D eigenvalue weighted by atomic mass is 9.98. The molecule has 0 aromatic heterocycles. The fourth-order valence-electron chi connectivity index (χ4n) is 2.58. The molecule has 3 N–H and O–H groups in total. The van der Waals surface area contributed by atoms with Crippen LogP contribution in [0.3, 0.4) is 0 Å². The summed E-state index contributed by atoms with van der Waals surface area (Å²) < 4.78 is 12.8. The van der Waals surface area contributed by atoms with E-state index in [0.717, 1.165) is 30.6 Å². The molecule has 0 bridgehead atoms. The normalized spacial score (nSPS) is 17.1. The van der Waals surface area contributed by atoms with Crippen molar-refractivity contribution in [2.24, 2.45) is 5.73 Å². The highest BCUT2D eigenvalue weighted by atomic mass is 32.2. The van der Waals surface area contributed by atoms with Crippen LogP contribution in [0.4, 0.5) is 4.39 Å². The van der Waals surface area contributed by atoms with Crippen molar-refractivity contribution in [2.75, 3.05) is 12.3 Å². The van der Waals surface area contributed by atoms with Crippen LogP contribution < -0.4 is 11.1 Å². The number of hydrogen-bond acceptors (Lipinski definition) is 3. The summed E-state index contributed by atoms with van der Waals surface area (Å²) in [5.41, 5.74) is 5.63. The molecule has 5 heteroatoms. The van der Waals surface area contributed by atoms with E-state index in [9.17, 15) is 9.18 Å². The molecule has 1 fully saturated rings. The first-order valence-corrected chi connectivity index (χ1v) is 8.02. The number of thioether (sulfide) groups is 1. The van der Waals surface area contributed by atoms with Crippen LogP contribution in [-0.4, -0.2) is 23.7 Å². The number of nitrogens with two attached hydrogens (primary N) is 1. The Labute approximate surface area is 123 Å². The zero-order valence-electron chi connectivity index (χ0n) is 11.5. The van der Waals surface area contributed by atoms with Crippen molar-refractivity contribution < 1.29 is 9.18 Å². The van der Waals surface area contributed by atoms with Gasteiger partial charge in [0.2, 0.25) is 5.91 Å². The number of halogens is 1. The molecular weight excluding hydrogens is 275 g/mol. The fraction of sp³-hybridized carbons (Fsp3) is 0.533. The SMILES string of the molecule is NCC1(NC(=O)CCSc2ccc(F)cc2)CCCC1. The Morgan fingerprint density at radius 3 is 2.55 bits per heavy atom. The molecule has 0 radical (unpaired) electrons. The van der Waals surface area contributed by atoms with E-state index in [4.69, 9.17) is 5.73 Å². The second-order valence-corrected chi connectivity index (χ2v) is 6.46. The van der Waals surface area contributed by atoms with Crippen molar-refractivity contribution >= 4 is 17.7 Å². The second-order valence-electron chi connectivity index (χ2n) is 5.29. The highest BCUT2D eigenvalue weighted by Gasteiger charge is 2.33. The van der Waals surface area contributed by atoms with E-state index in [0.29, 0.717) is 18.7 Å². The zero-order valence-corrected chi connectivity index (χ0v) is 12.3. The van der Waals surface area contributed by atoms with Gasteiger partial charge in [-0.2, -0.15) is 0 Å². The van der Waals surface area contributed by atoms with Gasteiger partial charge in [0.1, 0.15) is 5.82 Å². The van der Waals surface area contributed by atoms with Gasteiger partial charge in [-0.25, -0.2) is 4.39 Å². The van der Waals surface area contributed by atoms with Crippen molar-refractivity contribution in [3.8, 4) is 0 Å². The summed E-state index contributed by atoms with van der Waals surface area (Å²) >= 11 is 1.56. The third-order valence-electron chi connectivity index (χ3n) is 3.77. The van der Waals surface area contributed by atoms with E-state index >= 15 is 0 Å². The van der Waals surface area contributed by atoms with Crippen LogP contribution in [0.2, 0.25) is 0 Å². The molecule has 0 spiro atoms. The minimum absolute atomic E-state index is 0.0620. The van der Waals surface area contributed by atoms with Gasteiger partial charge in [-0.1, -0.05) is 12.8 Å². The lowest BCUT2D eigenvalue weighted by Crippen LogP contribution is -2.51. The Morgan fingerprint density at radius 2 is 1.95 bits per heavy atom. The Balaban J connectivity index is 1.73. The third kappa shape index (κ3) is 4.21. The summed E-state index contributed by atoms with van der Waals surface area (Å²) in [5.74, 6) is 0.517. The van der Waals surface area contributed by atoms with E-state index in [1.165, 1.54) is 12.1 Å². The van der Waals surface area contributed by atoms with Crippen molar-refractivity contribution in [1.82, 2.24) is 5.32 Å². The van der Waals surface area contributed by atoms with Crippen LogP contribution in [0.5, 0.6) is 0 Å². The van der Waals surface area contributed by atoms with Gasteiger partial charge in [0.25, 0.3) is 0 Å². The highest BCUT2D eigenvalue weighted by molar-refractivity contribution is 7.99. The highest BCUT2D eigenvalue weighted by Crippen LogP contribution is 2.28. The maximum atomic E-state index is 12.8. The lowest BCUT2D eigenvalue weighted by Gasteiger charge is -2.28. The van der Waals surface area contributed by atoms with Gasteiger partial charge in [0.15, 0.2) is 0 Å². The second kappa shape index (κ2) is 7.09. The maximum Gasteiger partial charge on any atom is 0.221 e. The lowest BCUT2D eigenvalue weighted by molar-refractivity contribution is -0.122. The van der Waals surface area contributed by atoms with Crippen molar-refractivity contribution in [3.63, 3.8) is 0 Å². The minimum Gasteiger partial charge on any atom is -0.349 e. The molecule has 0 saturated heterocycles. The zero-order chi connectivity index (χ0) is 14.4. The number of rotatable bonds is 6. The van der Waals surface area contributed by atoms with Gasteiger partial charge in [0.05, 0.1) is 5.54 Å². The quantitative estimate of drug-likeness (QED) is 0.794. The van der Waals surface area contributed by atoms with E-state index in [1.54, 1.807) is 23.9 Å². The number of amides is 1. The molecular formula is C15H21FN2OS. The molecule has 0 heterocycles. The van der Waals surface area contributed by atoms with Crippen LogP contribution in [0.15, 0.2) is 29.2 Å². The van der Waals surface area contributed by atoms with Crippen molar-refractivity contribution in [2.45, 2.75) is 42.5 Å². The van der Waals surface area contributed by atoms with Crippen LogP contribution >= 0.6 is 11.8 Å². The molecule has 0 atom stereocenters. The summed E-state index contributed by atoms with van der Waals surface area (Å²) in [6.07, 6.45) is 4.72. The number of carbonyl (C=O) groups is 1. The molecule has 0 aliphatic heterocycles. The Morgan fingerprint density at radius 1 is 1.30 bits per heavy atom. The predicted molar refractivity (Wildman–Crippen MR) is 80.1 cm³/mol. The van der Waals surface area contributed by atoms with Crippen LogP contribution in [0.1, 0.15) is 32.1 Å². The maximum absolute atomic E-state index is 12.8.